The van der Waals surface area contributed by atoms with Gasteiger partial charge in [-0.15, -0.1) is 0 Å². The van der Waals surface area contributed by atoms with E-state index in [9.17, 15) is 9.18 Å². The topological polar surface area (TPSA) is 41.6 Å². The summed E-state index contributed by atoms with van der Waals surface area (Å²) in [5.41, 5.74) is 2.06. The second kappa shape index (κ2) is 8.10. The van der Waals surface area contributed by atoms with E-state index >= 15 is 0 Å². The molecule has 1 heterocycles. The highest BCUT2D eigenvalue weighted by molar-refractivity contribution is 7.80. The predicted molar refractivity (Wildman–Crippen MR) is 103 cm³/mol. The highest BCUT2D eigenvalue weighted by atomic mass is 32.1. The quantitative estimate of drug-likeness (QED) is 0.619. The fourth-order valence-electron chi connectivity index (χ4n) is 2.63. The predicted octanol–water partition coefficient (Wildman–Crippen LogP) is 3.87. The number of carbonyl (C=O) groups excluding carboxylic acids is 1. The second-order valence-electron chi connectivity index (χ2n) is 5.90. The summed E-state index contributed by atoms with van der Waals surface area (Å²) in [6.45, 7) is 2.89. The lowest BCUT2D eigenvalue weighted by molar-refractivity contribution is -0.122. The molecule has 0 radical (unpaired) electrons. The molecule has 6 heteroatoms. The Morgan fingerprint density at radius 2 is 1.92 bits per heavy atom. The fraction of sp³-hybridized carbons (Fsp3) is 0.200. The number of carbonyl (C=O) groups is 1. The first-order chi connectivity index (χ1) is 12.6. The monoisotopic (exact) mass is 370 g/mol. The smallest absolute Gasteiger partial charge is 0.276 e. The van der Waals surface area contributed by atoms with Crippen molar-refractivity contribution < 1.29 is 13.9 Å². The number of nitrogens with one attached hydrogen (secondary N) is 1. The zero-order valence-corrected chi connectivity index (χ0v) is 15.2. The molecule has 2 aromatic rings. The molecular formula is C20H19FN2O2S. The molecule has 0 aliphatic carbocycles. The third-order valence-corrected chi connectivity index (χ3v) is 4.26. The molecule has 0 spiro atoms. The van der Waals surface area contributed by atoms with Crippen molar-refractivity contribution in [2.45, 2.75) is 20.0 Å². The Labute approximate surface area is 157 Å². The number of amides is 1. The molecule has 0 saturated carbocycles. The highest BCUT2D eigenvalue weighted by Gasteiger charge is 2.29. The van der Waals surface area contributed by atoms with Gasteiger partial charge in [0.25, 0.3) is 5.91 Å². The number of hydrogen-bond acceptors (Lipinski definition) is 3. The van der Waals surface area contributed by atoms with Gasteiger partial charge in [0.15, 0.2) is 5.11 Å². The van der Waals surface area contributed by atoms with Crippen LogP contribution in [0.4, 0.5) is 4.39 Å². The SMILES string of the molecule is CCCN1C(=O)C(=Cc2ccccc2OCc2ccc(F)cc2)NC1=S. The van der Waals surface area contributed by atoms with Crippen LogP contribution in [-0.2, 0) is 11.4 Å². The molecule has 26 heavy (non-hydrogen) atoms. The Hall–Kier alpha value is -2.73. The summed E-state index contributed by atoms with van der Waals surface area (Å²) in [5.74, 6) is 0.223. The van der Waals surface area contributed by atoms with Crippen LogP contribution >= 0.6 is 12.2 Å². The minimum Gasteiger partial charge on any atom is -0.488 e. The fourth-order valence-corrected chi connectivity index (χ4v) is 2.91. The van der Waals surface area contributed by atoms with Crippen LogP contribution in [0.15, 0.2) is 54.2 Å². The summed E-state index contributed by atoms with van der Waals surface area (Å²) in [6.07, 6.45) is 2.57. The molecule has 1 saturated heterocycles. The van der Waals surface area contributed by atoms with Crippen molar-refractivity contribution >= 4 is 29.3 Å². The Balaban J connectivity index is 1.78. The van der Waals surface area contributed by atoms with E-state index in [0.717, 1.165) is 17.5 Å². The van der Waals surface area contributed by atoms with Crippen LogP contribution in [0.1, 0.15) is 24.5 Å². The average Bonchev–Trinajstić information content (AvgIpc) is 2.90. The summed E-state index contributed by atoms with van der Waals surface area (Å²) in [4.78, 5) is 14.0. The first kappa shape index (κ1) is 18.1. The third kappa shape index (κ3) is 4.08. The Kier molecular flexibility index (Phi) is 5.63. The van der Waals surface area contributed by atoms with Crippen LogP contribution < -0.4 is 10.1 Å². The molecule has 0 bridgehead atoms. The normalized spacial score (nSPS) is 15.5. The molecule has 4 nitrogen and oxygen atoms in total. The van der Waals surface area contributed by atoms with Crippen molar-refractivity contribution in [3.63, 3.8) is 0 Å². The van der Waals surface area contributed by atoms with Gasteiger partial charge in [0.1, 0.15) is 23.9 Å². The number of benzene rings is 2. The number of para-hydroxylation sites is 1. The summed E-state index contributed by atoms with van der Waals surface area (Å²) >= 11 is 5.23. The summed E-state index contributed by atoms with van der Waals surface area (Å²) in [6, 6.07) is 13.6. The highest BCUT2D eigenvalue weighted by Crippen LogP contribution is 2.23. The summed E-state index contributed by atoms with van der Waals surface area (Å²) in [7, 11) is 0. The molecular weight excluding hydrogens is 351 g/mol. The van der Waals surface area contributed by atoms with Gasteiger partial charge in [0.2, 0.25) is 0 Å². The van der Waals surface area contributed by atoms with E-state index in [0.29, 0.717) is 29.7 Å². The molecule has 134 valence electrons. The third-order valence-electron chi connectivity index (χ3n) is 3.94. The van der Waals surface area contributed by atoms with Crippen molar-refractivity contribution in [3.05, 3.63) is 71.2 Å². The maximum atomic E-state index is 13.0. The number of hydrogen-bond donors (Lipinski definition) is 1. The van der Waals surface area contributed by atoms with E-state index in [1.807, 2.05) is 31.2 Å². The molecule has 3 rings (SSSR count). The van der Waals surface area contributed by atoms with Gasteiger partial charge < -0.3 is 10.1 Å². The molecule has 0 atom stereocenters. The number of nitrogens with zero attached hydrogens (tertiary/aromatic N) is 1. The molecule has 1 aliphatic rings. The Morgan fingerprint density at radius 1 is 1.19 bits per heavy atom. The van der Waals surface area contributed by atoms with E-state index in [2.05, 4.69) is 5.32 Å². The van der Waals surface area contributed by atoms with Crippen LogP contribution in [0.25, 0.3) is 6.08 Å². The van der Waals surface area contributed by atoms with E-state index in [-0.39, 0.29) is 11.7 Å². The number of thiocarbonyl (C=S) groups is 1. The van der Waals surface area contributed by atoms with Crippen molar-refractivity contribution in [3.8, 4) is 5.75 Å². The lowest BCUT2D eigenvalue weighted by Gasteiger charge is -2.11. The Morgan fingerprint density at radius 3 is 2.65 bits per heavy atom. The van der Waals surface area contributed by atoms with Gasteiger partial charge in [-0.3, -0.25) is 9.69 Å². The standard InChI is InChI=1S/C20H19FN2O2S/c1-2-11-23-19(24)17(22-20(23)26)12-15-5-3-4-6-18(15)25-13-14-7-9-16(21)10-8-14/h3-10,12H,2,11,13H2,1H3,(H,22,26). The Bertz CT molecular complexity index is 849. The molecule has 1 N–H and O–H groups in total. The molecule has 1 fully saturated rings. The van der Waals surface area contributed by atoms with Gasteiger partial charge in [0.05, 0.1) is 0 Å². The van der Waals surface area contributed by atoms with Gasteiger partial charge >= 0.3 is 0 Å². The molecule has 0 unspecified atom stereocenters. The lowest BCUT2D eigenvalue weighted by atomic mass is 10.1. The van der Waals surface area contributed by atoms with Crippen LogP contribution in [0, 0.1) is 5.82 Å². The molecule has 0 aromatic heterocycles. The average molecular weight is 370 g/mol. The second-order valence-corrected chi connectivity index (χ2v) is 6.28. The van der Waals surface area contributed by atoms with E-state index in [1.54, 1.807) is 23.1 Å². The van der Waals surface area contributed by atoms with Gasteiger partial charge in [-0.25, -0.2) is 4.39 Å². The van der Waals surface area contributed by atoms with Crippen LogP contribution in [0.5, 0.6) is 5.75 Å². The van der Waals surface area contributed by atoms with Crippen molar-refractivity contribution in [1.82, 2.24) is 10.2 Å². The van der Waals surface area contributed by atoms with Gasteiger partial charge in [-0.2, -0.15) is 0 Å². The lowest BCUT2D eigenvalue weighted by Crippen LogP contribution is -2.31. The van der Waals surface area contributed by atoms with Crippen molar-refractivity contribution in [1.29, 1.82) is 0 Å². The minimum absolute atomic E-state index is 0.134. The maximum absolute atomic E-state index is 13.0. The van der Waals surface area contributed by atoms with Gasteiger partial charge in [-0.05, 0) is 48.5 Å². The van der Waals surface area contributed by atoms with Crippen LogP contribution in [0.3, 0.4) is 0 Å². The number of ether oxygens (including phenoxy) is 1. The van der Waals surface area contributed by atoms with E-state index in [4.69, 9.17) is 17.0 Å². The minimum atomic E-state index is -0.280. The molecule has 1 aliphatic heterocycles. The zero-order valence-electron chi connectivity index (χ0n) is 14.4. The maximum Gasteiger partial charge on any atom is 0.276 e. The largest absolute Gasteiger partial charge is 0.488 e. The van der Waals surface area contributed by atoms with Gasteiger partial charge in [-0.1, -0.05) is 37.3 Å². The first-order valence-electron chi connectivity index (χ1n) is 8.39. The number of rotatable bonds is 6. The molecule has 2 aromatic carbocycles. The van der Waals surface area contributed by atoms with Crippen molar-refractivity contribution in [2.24, 2.45) is 0 Å². The van der Waals surface area contributed by atoms with E-state index in [1.165, 1.54) is 12.1 Å². The first-order valence-corrected chi connectivity index (χ1v) is 8.80. The van der Waals surface area contributed by atoms with E-state index < -0.39 is 0 Å². The molecule has 1 amide bonds. The summed E-state index contributed by atoms with van der Waals surface area (Å²) in [5, 5.41) is 3.39. The van der Waals surface area contributed by atoms with Gasteiger partial charge in [0, 0.05) is 12.1 Å². The number of halogens is 1. The zero-order chi connectivity index (χ0) is 18.5. The van der Waals surface area contributed by atoms with Crippen LogP contribution in [-0.4, -0.2) is 22.5 Å². The van der Waals surface area contributed by atoms with Crippen molar-refractivity contribution in [2.75, 3.05) is 6.54 Å². The van der Waals surface area contributed by atoms with Crippen LogP contribution in [0.2, 0.25) is 0 Å². The summed E-state index contributed by atoms with van der Waals surface area (Å²) < 4.78 is 18.9.